The summed E-state index contributed by atoms with van der Waals surface area (Å²) in [5.74, 6) is 2.29. The summed E-state index contributed by atoms with van der Waals surface area (Å²) < 4.78 is 2.02. The van der Waals surface area contributed by atoms with Gasteiger partial charge in [-0.05, 0) is 26.2 Å². The molecule has 6 nitrogen and oxygen atoms in total. The second-order valence-corrected chi connectivity index (χ2v) is 6.90. The SMILES string of the molecule is CCNC(=NCCCCn1cnnc1)N1CCSC(CC)C1.I. The number of hydrogen-bond donors (Lipinski definition) is 1. The number of halogens is 1. The van der Waals surface area contributed by atoms with Crippen molar-refractivity contribution in [2.75, 3.05) is 31.9 Å². The fraction of sp³-hybridized carbons (Fsp3) is 0.800. The maximum atomic E-state index is 4.81. The Bertz CT molecular complexity index is 439. The summed E-state index contributed by atoms with van der Waals surface area (Å²) in [6.45, 7) is 9.41. The molecule has 2 heterocycles. The first kappa shape index (κ1) is 20.5. The summed E-state index contributed by atoms with van der Waals surface area (Å²) in [7, 11) is 0. The highest BCUT2D eigenvalue weighted by atomic mass is 127. The fourth-order valence-electron chi connectivity index (χ4n) is 2.51. The van der Waals surface area contributed by atoms with E-state index in [1.807, 2.05) is 4.57 Å². The van der Waals surface area contributed by atoms with Crippen LogP contribution in [0.1, 0.15) is 33.1 Å². The van der Waals surface area contributed by atoms with E-state index < -0.39 is 0 Å². The molecule has 1 unspecified atom stereocenters. The van der Waals surface area contributed by atoms with Crippen molar-refractivity contribution in [1.29, 1.82) is 0 Å². The van der Waals surface area contributed by atoms with Gasteiger partial charge in [0.1, 0.15) is 12.7 Å². The van der Waals surface area contributed by atoms with Crippen LogP contribution in [-0.4, -0.2) is 62.8 Å². The highest BCUT2D eigenvalue weighted by Gasteiger charge is 2.21. The first-order valence-electron chi connectivity index (χ1n) is 8.30. The quantitative estimate of drug-likeness (QED) is 0.298. The average molecular weight is 452 g/mol. The van der Waals surface area contributed by atoms with E-state index in [0.29, 0.717) is 0 Å². The summed E-state index contributed by atoms with van der Waals surface area (Å²) >= 11 is 2.09. The topological polar surface area (TPSA) is 58.3 Å². The molecule has 0 aliphatic carbocycles. The number of aromatic nitrogens is 3. The van der Waals surface area contributed by atoms with Crippen LogP contribution in [0.25, 0.3) is 0 Å². The number of hydrogen-bond acceptors (Lipinski definition) is 4. The summed E-state index contributed by atoms with van der Waals surface area (Å²) in [5.41, 5.74) is 0. The summed E-state index contributed by atoms with van der Waals surface area (Å²) in [6, 6.07) is 0. The number of nitrogens with zero attached hydrogens (tertiary/aromatic N) is 5. The number of rotatable bonds is 7. The normalized spacial score (nSPS) is 18.6. The van der Waals surface area contributed by atoms with Crippen molar-refractivity contribution in [1.82, 2.24) is 25.0 Å². The first-order valence-corrected chi connectivity index (χ1v) is 9.35. The first-order chi connectivity index (χ1) is 10.8. The minimum atomic E-state index is 0. The van der Waals surface area contributed by atoms with Gasteiger partial charge in [0.15, 0.2) is 5.96 Å². The number of thioether (sulfide) groups is 1. The van der Waals surface area contributed by atoms with Crippen LogP contribution in [0.2, 0.25) is 0 Å². The van der Waals surface area contributed by atoms with Gasteiger partial charge in [-0.15, -0.1) is 34.2 Å². The molecule has 1 aliphatic rings. The van der Waals surface area contributed by atoms with Crippen LogP contribution in [0.15, 0.2) is 17.6 Å². The molecular weight excluding hydrogens is 423 g/mol. The van der Waals surface area contributed by atoms with Crippen molar-refractivity contribution in [2.45, 2.75) is 44.9 Å². The second-order valence-electron chi connectivity index (χ2n) is 5.49. The van der Waals surface area contributed by atoms with Gasteiger partial charge < -0.3 is 14.8 Å². The summed E-state index contributed by atoms with van der Waals surface area (Å²) in [6.07, 6.45) is 6.97. The van der Waals surface area contributed by atoms with Crippen molar-refractivity contribution in [2.24, 2.45) is 4.99 Å². The van der Waals surface area contributed by atoms with Crippen LogP contribution in [0, 0.1) is 0 Å². The van der Waals surface area contributed by atoms with Crippen LogP contribution >= 0.6 is 35.7 Å². The van der Waals surface area contributed by atoms with Gasteiger partial charge in [0.05, 0.1) is 0 Å². The Morgan fingerprint density at radius 3 is 2.78 bits per heavy atom. The van der Waals surface area contributed by atoms with E-state index >= 15 is 0 Å². The summed E-state index contributed by atoms with van der Waals surface area (Å²) in [5, 5.41) is 11.8. The zero-order valence-corrected chi connectivity index (χ0v) is 17.3. The molecule has 0 aromatic carbocycles. The number of aliphatic imine (C=N–C) groups is 1. The monoisotopic (exact) mass is 452 g/mol. The maximum absolute atomic E-state index is 4.81. The third-order valence-electron chi connectivity index (χ3n) is 3.78. The molecule has 0 amide bonds. The van der Waals surface area contributed by atoms with Crippen molar-refractivity contribution in [3.63, 3.8) is 0 Å². The molecule has 1 N–H and O–H groups in total. The van der Waals surface area contributed by atoms with Gasteiger partial charge in [0, 0.05) is 43.7 Å². The van der Waals surface area contributed by atoms with Gasteiger partial charge in [-0.25, -0.2) is 0 Å². The molecule has 1 fully saturated rings. The number of nitrogens with one attached hydrogen (secondary N) is 1. The van der Waals surface area contributed by atoms with Crippen LogP contribution < -0.4 is 5.32 Å². The van der Waals surface area contributed by atoms with Crippen molar-refractivity contribution < 1.29 is 0 Å². The zero-order chi connectivity index (χ0) is 15.6. The molecule has 1 saturated heterocycles. The number of unbranched alkanes of at least 4 members (excludes halogenated alkanes) is 1. The molecule has 1 aliphatic heterocycles. The third-order valence-corrected chi connectivity index (χ3v) is 5.15. The highest BCUT2D eigenvalue weighted by Crippen LogP contribution is 2.21. The van der Waals surface area contributed by atoms with Gasteiger partial charge >= 0.3 is 0 Å². The van der Waals surface area contributed by atoms with Crippen LogP contribution in [0.3, 0.4) is 0 Å². The lowest BCUT2D eigenvalue weighted by atomic mass is 10.3. The Balaban J connectivity index is 0.00000264. The van der Waals surface area contributed by atoms with Gasteiger partial charge in [-0.3, -0.25) is 4.99 Å². The predicted molar refractivity (Wildman–Crippen MR) is 109 cm³/mol. The minimum Gasteiger partial charge on any atom is -0.357 e. The molecule has 1 aromatic heterocycles. The van der Waals surface area contributed by atoms with Gasteiger partial charge in [-0.1, -0.05) is 6.92 Å². The standard InChI is InChI=1S/C15H28N6S.HI/c1-3-14-11-21(9-10-22-14)15(16-4-2)17-7-5-6-8-20-12-18-19-13-20;/h12-14H,3-11H2,1-2H3,(H,16,17);1H. The van der Waals surface area contributed by atoms with Gasteiger partial charge in [-0.2, -0.15) is 11.8 Å². The molecular formula is C15H29IN6S. The van der Waals surface area contributed by atoms with Crippen LogP contribution in [0.4, 0.5) is 0 Å². The fourth-order valence-corrected chi connectivity index (χ4v) is 3.69. The number of guanidine groups is 1. The molecule has 8 heteroatoms. The Morgan fingerprint density at radius 2 is 2.09 bits per heavy atom. The lowest BCUT2D eigenvalue weighted by molar-refractivity contribution is 0.408. The molecule has 0 saturated carbocycles. The largest absolute Gasteiger partial charge is 0.357 e. The second kappa shape index (κ2) is 11.9. The van der Waals surface area contributed by atoms with E-state index in [1.165, 1.54) is 12.2 Å². The minimum absolute atomic E-state index is 0. The van der Waals surface area contributed by atoms with E-state index in [4.69, 9.17) is 4.99 Å². The molecule has 0 radical (unpaired) electrons. The highest BCUT2D eigenvalue weighted by molar-refractivity contribution is 14.0. The summed E-state index contributed by atoms with van der Waals surface area (Å²) in [4.78, 5) is 7.23. The zero-order valence-electron chi connectivity index (χ0n) is 14.1. The predicted octanol–water partition coefficient (Wildman–Crippen LogP) is 2.47. The third kappa shape index (κ3) is 7.28. The van der Waals surface area contributed by atoms with E-state index in [2.05, 4.69) is 46.0 Å². The molecule has 1 atom stereocenters. The van der Waals surface area contributed by atoms with Gasteiger partial charge in [0.2, 0.25) is 0 Å². The number of aryl methyl sites for hydroxylation is 1. The van der Waals surface area contributed by atoms with E-state index in [0.717, 1.165) is 56.8 Å². The molecule has 1 aromatic rings. The van der Waals surface area contributed by atoms with Crippen molar-refractivity contribution in [3.8, 4) is 0 Å². The molecule has 132 valence electrons. The van der Waals surface area contributed by atoms with Crippen LogP contribution in [-0.2, 0) is 6.54 Å². The van der Waals surface area contributed by atoms with Gasteiger partial charge in [0.25, 0.3) is 0 Å². The van der Waals surface area contributed by atoms with Crippen molar-refractivity contribution in [3.05, 3.63) is 12.7 Å². The van der Waals surface area contributed by atoms with Crippen LogP contribution in [0.5, 0.6) is 0 Å². The molecule has 0 bridgehead atoms. The van der Waals surface area contributed by atoms with Crippen molar-refractivity contribution >= 4 is 41.7 Å². The van der Waals surface area contributed by atoms with E-state index in [-0.39, 0.29) is 24.0 Å². The lowest BCUT2D eigenvalue weighted by Gasteiger charge is -2.34. The average Bonchev–Trinajstić information content (AvgIpc) is 3.07. The molecule has 2 rings (SSSR count). The lowest BCUT2D eigenvalue weighted by Crippen LogP contribution is -2.48. The molecule has 0 spiro atoms. The Hall–Kier alpha value is -0.510. The van der Waals surface area contributed by atoms with E-state index in [1.54, 1.807) is 12.7 Å². The maximum Gasteiger partial charge on any atom is 0.193 e. The molecule has 23 heavy (non-hydrogen) atoms. The Labute approximate surface area is 160 Å². The van der Waals surface area contributed by atoms with E-state index in [9.17, 15) is 0 Å². The Kier molecular flexibility index (Phi) is 10.7. The Morgan fingerprint density at radius 1 is 1.30 bits per heavy atom. The smallest absolute Gasteiger partial charge is 0.193 e.